The van der Waals surface area contributed by atoms with Crippen molar-refractivity contribution in [3.8, 4) is 0 Å². The van der Waals surface area contributed by atoms with Gasteiger partial charge in [0.15, 0.2) is 0 Å². The molecular weight excluding hydrogens is 192 g/mol. The highest BCUT2D eigenvalue weighted by Crippen LogP contribution is 2.07. The summed E-state index contributed by atoms with van der Waals surface area (Å²) in [5.74, 6) is 0.224. The van der Waals surface area contributed by atoms with Crippen LogP contribution in [0.15, 0.2) is 6.20 Å². The van der Waals surface area contributed by atoms with Gasteiger partial charge in [-0.1, -0.05) is 6.92 Å². The van der Waals surface area contributed by atoms with Gasteiger partial charge >= 0.3 is 10.2 Å². The van der Waals surface area contributed by atoms with E-state index in [1.165, 1.54) is 6.20 Å². The summed E-state index contributed by atoms with van der Waals surface area (Å²) in [6.07, 6.45) is 1.37. The van der Waals surface area contributed by atoms with E-state index in [9.17, 15) is 8.42 Å². The maximum absolute atomic E-state index is 11.3. The molecule has 0 fully saturated rings. The second kappa shape index (κ2) is 3.35. The molecule has 0 radical (unpaired) electrons. The molecule has 0 saturated heterocycles. The Hall–Kier alpha value is -1.08. The molecule has 6 nitrogen and oxygen atoms in total. The molecule has 0 amide bonds. The fourth-order valence-electron chi connectivity index (χ4n) is 0.817. The fourth-order valence-corrected chi connectivity index (χ4v) is 1.81. The molecule has 0 atom stereocenters. The van der Waals surface area contributed by atoms with Crippen molar-refractivity contribution in [1.29, 1.82) is 0 Å². The largest absolute Gasteiger partial charge is 0.382 e. The van der Waals surface area contributed by atoms with Gasteiger partial charge < -0.3 is 5.73 Å². The molecule has 13 heavy (non-hydrogen) atoms. The second-order valence-electron chi connectivity index (χ2n) is 2.57. The minimum atomic E-state index is -3.54. The Morgan fingerprint density at radius 3 is 2.69 bits per heavy atom. The van der Waals surface area contributed by atoms with Crippen LogP contribution < -0.4 is 10.5 Å². The first-order valence-corrected chi connectivity index (χ1v) is 5.23. The zero-order valence-corrected chi connectivity index (χ0v) is 8.30. The Kier molecular flexibility index (Phi) is 2.58. The minimum absolute atomic E-state index is 0.224. The number of nitrogens with two attached hydrogens (primary N) is 1. The van der Waals surface area contributed by atoms with E-state index in [0.29, 0.717) is 12.1 Å². The highest BCUT2D eigenvalue weighted by molar-refractivity contribution is 7.87. The molecule has 0 saturated carbocycles. The van der Waals surface area contributed by atoms with Gasteiger partial charge in [0.1, 0.15) is 5.82 Å². The lowest BCUT2D eigenvalue weighted by Crippen LogP contribution is -2.30. The highest BCUT2D eigenvalue weighted by Gasteiger charge is 2.13. The molecule has 3 N–H and O–H groups in total. The fraction of sp³-hybridized carbons (Fsp3) is 0.500. The van der Waals surface area contributed by atoms with Crippen LogP contribution in [-0.4, -0.2) is 24.1 Å². The molecular formula is C6H12N4O2S. The lowest BCUT2D eigenvalue weighted by atomic mass is 10.4. The summed E-state index contributed by atoms with van der Waals surface area (Å²) in [6, 6.07) is 0. The molecule has 1 heterocycles. The van der Waals surface area contributed by atoms with Crippen LogP contribution >= 0.6 is 0 Å². The van der Waals surface area contributed by atoms with Gasteiger partial charge in [-0.15, -0.1) is 5.10 Å². The summed E-state index contributed by atoms with van der Waals surface area (Å²) in [4.78, 5) is 0. The Morgan fingerprint density at radius 1 is 1.69 bits per heavy atom. The van der Waals surface area contributed by atoms with Gasteiger partial charge in [-0.25, -0.2) is 0 Å². The Bertz CT molecular complexity index is 375. The van der Waals surface area contributed by atoms with Crippen LogP contribution in [0, 0.1) is 6.92 Å². The zero-order valence-electron chi connectivity index (χ0n) is 7.48. The van der Waals surface area contributed by atoms with Crippen molar-refractivity contribution in [2.24, 2.45) is 0 Å². The molecule has 1 aromatic heterocycles. The van der Waals surface area contributed by atoms with E-state index < -0.39 is 10.2 Å². The number of nitrogens with zero attached hydrogens (tertiary/aromatic N) is 2. The van der Waals surface area contributed by atoms with Gasteiger partial charge in [0.25, 0.3) is 0 Å². The molecule has 0 aromatic carbocycles. The smallest absolute Gasteiger partial charge is 0.320 e. The number of nitrogens with one attached hydrogen (secondary N) is 1. The summed E-state index contributed by atoms with van der Waals surface area (Å²) in [6.45, 7) is 3.71. The molecule has 0 aliphatic heterocycles. The number of hydrogen-bond donors (Lipinski definition) is 2. The average Bonchev–Trinajstić information content (AvgIpc) is 2.33. The van der Waals surface area contributed by atoms with Gasteiger partial charge in [-0.3, -0.25) is 0 Å². The predicted octanol–water partition coefficient (Wildman–Crippen LogP) is -0.524. The van der Waals surface area contributed by atoms with Crippen molar-refractivity contribution < 1.29 is 8.42 Å². The van der Waals surface area contributed by atoms with Crippen molar-refractivity contribution in [2.45, 2.75) is 13.8 Å². The zero-order chi connectivity index (χ0) is 10.1. The van der Waals surface area contributed by atoms with Crippen LogP contribution in [-0.2, 0) is 10.2 Å². The molecule has 7 heteroatoms. The van der Waals surface area contributed by atoms with Crippen LogP contribution in [0.25, 0.3) is 0 Å². The van der Waals surface area contributed by atoms with Crippen molar-refractivity contribution in [1.82, 2.24) is 13.9 Å². The van der Waals surface area contributed by atoms with Crippen LogP contribution in [0.4, 0.5) is 5.82 Å². The van der Waals surface area contributed by atoms with E-state index in [-0.39, 0.29) is 5.82 Å². The molecule has 0 aliphatic carbocycles. The Morgan fingerprint density at radius 2 is 2.31 bits per heavy atom. The topological polar surface area (TPSA) is 90.0 Å². The van der Waals surface area contributed by atoms with Crippen molar-refractivity contribution in [3.05, 3.63) is 11.8 Å². The molecule has 1 rings (SSSR count). The first kappa shape index (κ1) is 10.0. The van der Waals surface area contributed by atoms with E-state index in [4.69, 9.17) is 5.73 Å². The maximum Gasteiger partial charge on any atom is 0.320 e. The van der Waals surface area contributed by atoms with Gasteiger partial charge in [0.05, 0.1) is 0 Å². The van der Waals surface area contributed by atoms with E-state index in [1.807, 2.05) is 0 Å². The third kappa shape index (κ3) is 1.99. The quantitative estimate of drug-likeness (QED) is 0.693. The van der Waals surface area contributed by atoms with Crippen LogP contribution in [0.3, 0.4) is 0 Å². The molecule has 1 aromatic rings. The maximum atomic E-state index is 11.3. The standard InChI is InChI=1S/C6H12N4O2S/c1-3-8-13(11,12)10-4-5(2)6(7)9-10/h4,8H,3H2,1-2H3,(H2,7,9). The number of nitrogen functional groups attached to an aromatic ring is 1. The van der Waals surface area contributed by atoms with Gasteiger partial charge in [0, 0.05) is 18.3 Å². The molecule has 74 valence electrons. The van der Waals surface area contributed by atoms with E-state index in [1.54, 1.807) is 13.8 Å². The van der Waals surface area contributed by atoms with Crippen molar-refractivity contribution in [2.75, 3.05) is 12.3 Å². The summed E-state index contributed by atoms with van der Waals surface area (Å²) in [5, 5.41) is 3.64. The first-order chi connectivity index (χ1) is 5.97. The number of aryl methyl sites for hydroxylation is 1. The number of anilines is 1. The van der Waals surface area contributed by atoms with Crippen LogP contribution in [0.5, 0.6) is 0 Å². The van der Waals surface area contributed by atoms with Crippen LogP contribution in [0.1, 0.15) is 12.5 Å². The third-order valence-corrected chi connectivity index (χ3v) is 2.82. The van der Waals surface area contributed by atoms with E-state index >= 15 is 0 Å². The number of aromatic nitrogens is 2. The number of rotatable bonds is 3. The van der Waals surface area contributed by atoms with E-state index in [0.717, 1.165) is 4.09 Å². The lowest BCUT2D eigenvalue weighted by Gasteiger charge is -2.02. The van der Waals surface area contributed by atoms with Crippen LogP contribution in [0.2, 0.25) is 0 Å². The van der Waals surface area contributed by atoms with Gasteiger partial charge in [-0.05, 0) is 6.92 Å². The molecule has 0 aliphatic rings. The van der Waals surface area contributed by atoms with Crippen molar-refractivity contribution >= 4 is 16.0 Å². The molecule has 0 bridgehead atoms. The second-order valence-corrected chi connectivity index (χ2v) is 4.19. The summed E-state index contributed by atoms with van der Waals surface area (Å²) in [5.41, 5.74) is 6.05. The Balaban J connectivity index is 3.08. The molecule has 0 unspecified atom stereocenters. The predicted molar refractivity (Wildman–Crippen MR) is 49.4 cm³/mol. The SMILES string of the molecule is CCNS(=O)(=O)n1cc(C)c(N)n1. The first-order valence-electron chi connectivity index (χ1n) is 3.79. The molecule has 0 spiro atoms. The normalized spacial score (nSPS) is 11.8. The lowest BCUT2D eigenvalue weighted by molar-refractivity contribution is 0.567. The monoisotopic (exact) mass is 204 g/mol. The average molecular weight is 204 g/mol. The van der Waals surface area contributed by atoms with Gasteiger partial charge in [0.2, 0.25) is 0 Å². The minimum Gasteiger partial charge on any atom is -0.382 e. The van der Waals surface area contributed by atoms with E-state index in [2.05, 4.69) is 9.82 Å². The summed E-state index contributed by atoms with van der Waals surface area (Å²) in [7, 11) is -3.54. The summed E-state index contributed by atoms with van der Waals surface area (Å²) >= 11 is 0. The summed E-state index contributed by atoms with van der Waals surface area (Å²) < 4.78 is 25.8. The third-order valence-electron chi connectivity index (χ3n) is 1.49. The highest BCUT2D eigenvalue weighted by atomic mass is 32.2. The van der Waals surface area contributed by atoms with Gasteiger partial charge in [-0.2, -0.15) is 17.2 Å². The Labute approximate surface area is 76.9 Å². The number of hydrogen-bond acceptors (Lipinski definition) is 4. The van der Waals surface area contributed by atoms with Crippen molar-refractivity contribution in [3.63, 3.8) is 0 Å².